The highest BCUT2D eigenvalue weighted by Gasteiger charge is 2.18. The van der Waals surface area contributed by atoms with E-state index in [-0.39, 0.29) is 11.7 Å². The number of ether oxygens (including phenoxy) is 2. The highest BCUT2D eigenvalue weighted by atomic mass is 19.1. The Bertz CT molecular complexity index is 1110. The molecule has 0 spiro atoms. The third-order valence-corrected chi connectivity index (χ3v) is 5.08. The molecule has 0 bridgehead atoms. The number of nitrogens with one attached hydrogen (secondary N) is 1. The minimum Gasteiger partial charge on any atom is -0.496 e. The number of nitrogens with zero attached hydrogens (tertiary/aromatic N) is 3. The molecule has 4 rings (SSSR count). The molecule has 8 heteroatoms. The average Bonchev–Trinajstić information content (AvgIpc) is 2.85. The van der Waals surface area contributed by atoms with Crippen molar-refractivity contribution in [1.82, 2.24) is 9.88 Å². The summed E-state index contributed by atoms with van der Waals surface area (Å²) in [7, 11) is 1.52. The van der Waals surface area contributed by atoms with Crippen LogP contribution in [0, 0.1) is 5.82 Å². The zero-order valence-electron chi connectivity index (χ0n) is 17.6. The molecule has 0 atom stereocenters. The van der Waals surface area contributed by atoms with E-state index in [1.165, 1.54) is 25.5 Å². The maximum Gasteiger partial charge on any atom is 0.254 e. The zero-order chi connectivity index (χ0) is 22.3. The number of rotatable bonds is 6. The molecule has 1 saturated heterocycles. The number of methoxy groups -OCH3 is 1. The fourth-order valence-electron chi connectivity index (χ4n) is 3.39. The summed E-state index contributed by atoms with van der Waals surface area (Å²) in [6, 6.07) is 15.4. The smallest absolute Gasteiger partial charge is 0.254 e. The molecule has 2 aromatic carbocycles. The second-order valence-corrected chi connectivity index (χ2v) is 7.17. The van der Waals surface area contributed by atoms with Crippen LogP contribution in [-0.4, -0.2) is 55.4 Å². The van der Waals surface area contributed by atoms with Crippen molar-refractivity contribution in [3.8, 4) is 16.9 Å². The molecule has 1 amide bonds. The second kappa shape index (κ2) is 10.0. The van der Waals surface area contributed by atoms with E-state index in [2.05, 4.69) is 15.5 Å². The Labute approximate surface area is 185 Å². The first kappa shape index (κ1) is 21.5. The number of benzene rings is 2. The van der Waals surface area contributed by atoms with Crippen LogP contribution in [0.15, 0.2) is 65.9 Å². The number of pyridine rings is 1. The van der Waals surface area contributed by atoms with E-state index in [4.69, 9.17) is 9.47 Å². The van der Waals surface area contributed by atoms with Crippen molar-refractivity contribution in [1.29, 1.82) is 0 Å². The number of halogens is 1. The lowest BCUT2D eigenvalue weighted by Crippen LogP contribution is -2.40. The minimum absolute atomic E-state index is 0.00325. The third-order valence-electron chi connectivity index (χ3n) is 5.08. The van der Waals surface area contributed by atoms with Crippen LogP contribution in [0.5, 0.6) is 5.75 Å². The molecule has 1 aliphatic rings. The molecule has 0 aliphatic carbocycles. The van der Waals surface area contributed by atoms with Crippen LogP contribution >= 0.6 is 0 Å². The van der Waals surface area contributed by atoms with Gasteiger partial charge in [-0.2, -0.15) is 5.10 Å². The van der Waals surface area contributed by atoms with Gasteiger partial charge < -0.3 is 14.4 Å². The number of carbonyl (C=O) groups excluding carboxylic acids is 1. The minimum atomic E-state index is -0.371. The van der Waals surface area contributed by atoms with Gasteiger partial charge in [0.2, 0.25) is 0 Å². The van der Waals surface area contributed by atoms with Crippen molar-refractivity contribution in [3.63, 3.8) is 0 Å². The Balaban J connectivity index is 1.44. The van der Waals surface area contributed by atoms with Crippen molar-refractivity contribution in [2.75, 3.05) is 38.8 Å². The summed E-state index contributed by atoms with van der Waals surface area (Å²) >= 11 is 0. The lowest BCUT2D eigenvalue weighted by atomic mass is 10.0. The molecule has 1 aliphatic heterocycles. The highest BCUT2D eigenvalue weighted by molar-refractivity contribution is 5.95. The number of anilines is 1. The number of aromatic nitrogens is 1. The Morgan fingerprint density at radius 3 is 2.75 bits per heavy atom. The van der Waals surface area contributed by atoms with Crippen LogP contribution < -0.4 is 10.2 Å². The lowest BCUT2D eigenvalue weighted by molar-refractivity contribution is 0.0303. The van der Waals surface area contributed by atoms with Gasteiger partial charge in [0.1, 0.15) is 17.4 Å². The number of carbonyl (C=O) groups is 1. The Morgan fingerprint density at radius 1 is 1.16 bits per heavy atom. The van der Waals surface area contributed by atoms with E-state index in [0.717, 1.165) is 11.1 Å². The summed E-state index contributed by atoms with van der Waals surface area (Å²) in [4.78, 5) is 18.9. The van der Waals surface area contributed by atoms with Crippen LogP contribution in [0.4, 0.5) is 10.2 Å². The second-order valence-electron chi connectivity index (χ2n) is 7.17. The lowest BCUT2D eigenvalue weighted by Gasteiger charge is -2.27. The van der Waals surface area contributed by atoms with Gasteiger partial charge in [0.15, 0.2) is 0 Å². The topological polar surface area (TPSA) is 76.0 Å². The standard InChI is InChI=1S/C24H23FN4O3/c1-31-22-7-6-21(25)14-20(22)16-27-28-23-8-5-19(15-26-23)17-3-2-4-18(13-17)24(30)29-9-11-32-12-10-29/h2-8,13-16H,9-12H2,1H3,(H,26,28)/b27-16+. The molecule has 2 heterocycles. The van der Waals surface area contributed by atoms with Gasteiger partial charge in [-0.3, -0.25) is 10.2 Å². The molecule has 164 valence electrons. The number of hydrogen-bond acceptors (Lipinski definition) is 6. The highest BCUT2D eigenvalue weighted by Crippen LogP contribution is 2.22. The summed E-state index contributed by atoms with van der Waals surface area (Å²) < 4.78 is 24.0. The summed E-state index contributed by atoms with van der Waals surface area (Å²) in [6.07, 6.45) is 3.18. The van der Waals surface area contributed by atoms with Crippen LogP contribution in [0.25, 0.3) is 11.1 Å². The van der Waals surface area contributed by atoms with Crippen LogP contribution in [-0.2, 0) is 4.74 Å². The Kier molecular flexibility index (Phi) is 6.72. The largest absolute Gasteiger partial charge is 0.496 e. The van der Waals surface area contributed by atoms with Crippen LogP contribution in [0.2, 0.25) is 0 Å². The van der Waals surface area contributed by atoms with E-state index in [9.17, 15) is 9.18 Å². The maximum absolute atomic E-state index is 13.4. The predicted molar refractivity (Wildman–Crippen MR) is 121 cm³/mol. The maximum atomic E-state index is 13.4. The summed E-state index contributed by atoms with van der Waals surface area (Å²) in [5.41, 5.74) is 5.75. The number of morpholine rings is 1. The molecule has 1 aromatic heterocycles. The first-order valence-electron chi connectivity index (χ1n) is 10.2. The van der Waals surface area contributed by atoms with Crippen molar-refractivity contribution in [3.05, 3.63) is 77.7 Å². The van der Waals surface area contributed by atoms with E-state index < -0.39 is 0 Å². The fourth-order valence-corrected chi connectivity index (χ4v) is 3.39. The average molecular weight is 434 g/mol. The van der Waals surface area contributed by atoms with Gasteiger partial charge in [0.25, 0.3) is 5.91 Å². The molecule has 32 heavy (non-hydrogen) atoms. The van der Waals surface area contributed by atoms with Gasteiger partial charge in [-0.25, -0.2) is 9.37 Å². The molecular formula is C24H23FN4O3. The fraction of sp³-hybridized carbons (Fsp3) is 0.208. The molecule has 0 unspecified atom stereocenters. The van der Waals surface area contributed by atoms with Gasteiger partial charge in [-0.05, 0) is 48.0 Å². The quantitative estimate of drug-likeness (QED) is 0.472. The third kappa shape index (κ3) is 5.09. The van der Waals surface area contributed by atoms with Gasteiger partial charge in [0.05, 0.1) is 26.5 Å². The zero-order valence-corrected chi connectivity index (χ0v) is 17.6. The van der Waals surface area contributed by atoms with Gasteiger partial charge in [-0.1, -0.05) is 12.1 Å². The molecule has 1 N–H and O–H groups in total. The van der Waals surface area contributed by atoms with Crippen molar-refractivity contribution in [2.45, 2.75) is 0 Å². The summed E-state index contributed by atoms with van der Waals surface area (Å²) in [6.45, 7) is 2.34. The molecule has 1 fully saturated rings. The Hall–Kier alpha value is -3.78. The molecule has 7 nitrogen and oxygen atoms in total. The number of hydrogen-bond donors (Lipinski definition) is 1. The molecule has 0 radical (unpaired) electrons. The van der Waals surface area contributed by atoms with Crippen molar-refractivity contribution < 1.29 is 18.7 Å². The van der Waals surface area contributed by atoms with E-state index >= 15 is 0 Å². The van der Waals surface area contributed by atoms with E-state index in [1.807, 2.05) is 30.3 Å². The Morgan fingerprint density at radius 2 is 2.00 bits per heavy atom. The van der Waals surface area contributed by atoms with E-state index in [0.29, 0.717) is 49.0 Å². The van der Waals surface area contributed by atoms with Crippen LogP contribution in [0.1, 0.15) is 15.9 Å². The van der Waals surface area contributed by atoms with Crippen LogP contribution in [0.3, 0.4) is 0 Å². The van der Waals surface area contributed by atoms with Crippen molar-refractivity contribution in [2.24, 2.45) is 5.10 Å². The van der Waals surface area contributed by atoms with Gasteiger partial charge >= 0.3 is 0 Å². The molecule has 3 aromatic rings. The van der Waals surface area contributed by atoms with Gasteiger partial charge in [0, 0.05) is 36.0 Å². The predicted octanol–water partition coefficient (Wildman–Crippen LogP) is 3.81. The molecule has 0 saturated carbocycles. The SMILES string of the molecule is COc1ccc(F)cc1/C=N/Nc1ccc(-c2cccc(C(=O)N3CCOCC3)c2)cn1. The first-order chi connectivity index (χ1) is 15.6. The normalized spacial score (nSPS) is 13.9. The van der Waals surface area contributed by atoms with E-state index in [1.54, 1.807) is 23.2 Å². The first-order valence-corrected chi connectivity index (χ1v) is 10.2. The number of amides is 1. The van der Waals surface area contributed by atoms with Gasteiger partial charge in [-0.15, -0.1) is 0 Å². The summed E-state index contributed by atoms with van der Waals surface area (Å²) in [5, 5.41) is 4.11. The number of hydrazone groups is 1. The molecular weight excluding hydrogens is 411 g/mol. The summed E-state index contributed by atoms with van der Waals surface area (Å²) in [5.74, 6) is 0.681. The monoisotopic (exact) mass is 434 g/mol. The van der Waals surface area contributed by atoms with Crippen molar-refractivity contribution >= 4 is 17.9 Å².